The number of hydrogen-bond donors (Lipinski definition) is 3. The molecule has 1 amide bonds. The zero-order valence-corrected chi connectivity index (χ0v) is 9.35. The van der Waals surface area contributed by atoms with Crippen LogP contribution in [0.2, 0.25) is 0 Å². The minimum Gasteiger partial charge on any atom is -0.481 e. The van der Waals surface area contributed by atoms with E-state index in [1.165, 1.54) is 0 Å². The maximum absolute atomic E-state index is 11.8. The third kappa shape index (κ3) is 2.64. The summed E-state index contributed by atoms with van der Waals surface area (Å²) in [6.45, 7) is 0.363. The molecule has 2 atom stereocenters. The van der Waals surface area contributed by atoms with E-state index in [9.17, 15) is 9.59 Å². The molecule has 0 bridgehead atoms. The fourth-order valence-electron chi connectivity index (χ4n) is 2.27. The number of carboxylic acids is 1. The van der Waals surface area contributed by atoms with Crippen LogP contribution in [-0.2, 0) is 16.1 Å². The van der Waals surface area contributed by atoms with Gasteiger partial charge < -0.3 is 10.4 Å². The molecule has 1 aromatic heterocycles. The quantitative estimate of drug-likeness (QED) is 0.711. The van der Waals surface area contributed by atoms with Gasteiger partial charge in [-0.2, -0.15) is 5.10 Å². The molecule has 17 heavy (non-hydrogen) atoms. The minimum atomic E-state index is -0.871. The van der Waals surface area contributed by atoms with Crippen molar-refractivity contribution in [2.75, 3.05) is 0 Å². The van der Waals surface area contributed by atoms with Gasteiger partial charge in [-0.15, -0.1) is 0 Å². The lowest BCUT2D eigenvalue weighted by atomic mass is 9.95. The van der Waals surface area contributed by atoms with Crippen molar-refractivity contribution in [2.45, 2.75) is 25.8 Å². The van der Waals surface area contributed by atoms with Crippen molar-refractivity contribution in [2.24, 2.45) is 11.8 Å². The predicted molar refractivity (Wildman–Crippen MR) is 58.9 cm³/mol. The van der Waals surface area contributed by atoms with Gasteiger partial charge in [-0.25, -0.2) is 0 Å². The van der Waals surface area contributed by atoms with Gasteiger partial charge in [-0.1, -0.05) is 6.42 Å². The highest BCUT2D eigenvalue weighted by Crippen LogP contribution is 2.31. The van der Waals surface area contributed by atoms with Crippen LogP contribution >= 0.6 is 0 Å². The van der Waals surface area contributed by atoms with E-state index in [1.54, 1.807) is 12.3 Å². The number of nitrogens with zero attached hydrogens (tertiary/aromatic N) is 1. The number of aromatic amines is 1. The third-order valence-electron chi connectivity index (χ3n) is 3.18. The molecule has 0 saturated heterocycles. The summed E-state index contributed by atoms with van der Waals surface area (Å²) in [7, 11) is 0. The van der Waals surface area contributed by atoms with E-state index in [4.69, 9.17) is 5.11 Å². The van der Waals surface area contributed by atoms with Gasteiger partial charge in [0.25, 0.3) is 0 Å². The number of carbonyl (C=O) groups is 2. The fourth-order valence-corrected chi connectivity index (χ4v) is 2.27. The molecule has 0 radical (unpaired) electrons. The summed E-state index contributed by atoms with van der Waals surface area (Å²) in [5, 5.41) is 18.2. The molecule has 1 saturated carbocycles. The second kappa shape index (κ2) is 4.99. The monoisotopic (exact) mass is 237 g/mol. The molecule has 1 aromatic rings. The molecule has 6 nitrogen and oxygen atoms in total. The van der Waals surface area contributed by atoms with Crippen LogP contribution in [0.3, 0.4) is 0 Å². The highest BCUT2D eigenvalue weighted by molar-refractivity contribution is 5.85. The number of amides is 1. The second-order valence-corrected chi connectivity index (χ2v) is 4.28. The number of hydrogen-bond acceptors (Lipinski definition) is 3. The van der Waals surface area contributed by atoms with Crippen molar-refractivity contribution in [3.05, 3.63) is 18.0 Å². The zero-order valence-electron chi connectivity index (χ0n) is 9.35. The molecule has 1 aliphatic rings. The van der Waals surface area contributed by atoms with E-state index in [0.29, 0.717) is 19.4 Å². The van der Waals surface area contributed by atoms with Gasteiger partial charge in [-0.3, -0.25) is 14.7 Å². The average molecular weight is 237 g/mol. The number of aromatic nitrogens is 2. The summed E-state index contributed by atoms with van der Waals surface area (Å²) < 4.78 is 0. The highest BCUT2D eigenvalue weighted by Gasteiger charge is 2.37. The maximum Gasteiger partial charge on any atom is 0.307 e. The van der Waals surface area contributed by atoms with Gasteiger partial charge in [0.2, 0.25) is 5.91 Å². The lowest BCUT2D eigenvalue weighted by Crippen LogP contribution is -2.34. The highest BCUT2D eigenvalue weighted by atomic mass is 16.4. The van der Waals surface area contributed by atoms with Crippen LogP contribution in [-0.4, -0.2) is 27.2 Å². The Morgan fingerprint density at radius 3 is 2.88 bits per heavy atom. The molecule has 0 aliphatic heterocycles. The molecular weight excluding hydrogens is 222 g/mol. The van der Waals surface area contributed by atoms with E-state index >= 15 is 0 Å². The Hall–Kier alpha value is -1.85. The number of rotatable bonds is 4. The molecule has 3 N–H and O–H groups in total. The second-order valence-electron chi connectivity index (χ2n) is 4.28. The van der Waals surface area contributed by atoms with Gasteiger partial charge in [0, 0.05) is 6.20 Å². The van der Waals surface area contributed by atoms with E-state index in [-0.39, 0.29) is 5.91 Å². The SMILES string of the molecule is O=C(O)C1CCCC1C(=O)NCc1ccn[nH]1. The summed E-state index contributed by atoms with van der Waals surface area (Å²) in [6.07, 6.45) is 3.67. The standard InChI is InChI=1S/C11H15N3O3/c15-10(12-6-7-4-5-13-14-7)8-2-1-3-9(8)11(16)17/h4-5,8-9H,1-3,6H2,(H,12,15)(H,13,14)(H,16,17). The van der Waals surface area contributed by atoms with Crippen molar-refractivity contribution >= 4 is 11.9 Å². The van der Waals surface area contributed by atoms with Gasteiger partial charge in [0.1, 0.15) is 0 Å². The molecule has 1 aliphatic carbocycles. The number of nitrogens with one attached hydrogen (secondary N) is 2. The zero-order chi connectivity index (χ0) is 12.3. The predicted octanol–water partition coefficient (Wildman–Crippen LogP) is 0.527. The van der Waals surface area contributed by atoms with Crippen LogP contribution in [0.1, 0.15) is 25.0 Å². The van der Waals surface area contributed by atoms with Crippen molar-refractivity contribution in [1.29, 1.82) is 0 Å². The van der Waals surface area contributed by atoms with Crippen LogP contribution in [0.15, 0.2) is 12.3 Å². The number of aliphatic carboxylic acids is 1. The summed E-state index contributed by atoms with van der Waals surface area (Å²) in [5.41, 5.74) is 0.809. The smallest absolute Gasteiger partial charge is 0.307 e. The third-order valence-corrected chi connectivity index (χ3v) is 3.18. The lowest BCUT2D eigenvalue weighted by molar-refractivity contribution is -0.146. The van der Waals surface area contributed by atoms with Crippen molar-refractivity contribution in [3.8, 4) is 0 Å². The number of carboxylic acid groups (broad SMARTS) is 1. The Morgan fingerprint density at radius 2 is 2.24 bits per heavy atom. The van der Waals surface area contributed by atoms with Gasteiger partial charge in [0.05, 0.1) is 24.1 Å². The molecule has 92 valence electrons. The van der Waals surface area contributed by atoms with E-state index in [2.05, 4.69) is 15.5 Å². The van der Waals surface area contributed by atoms with E-state index in [0.717, 1.165) is 12.1 Å². The first kappa shape index (κ1) is 11.6. The molecule has 0 spiro atoms. The molecule has 1 fully saturated rings. The topological polar surface area (TPSA) is 95.1 Å². The van der Waals surface area contributed by atoms with Crippen LogP contribution in [0.4, 0.5) is 0 Å². The van der Waals surface area contributed by atoms with Crippen LogP contribution in [0.5, 0.6) is 0 Å². The first-order valence-electron chi connectivity index (χ1n) is 5.67. The fraction of sp³-hybridized carbons (Fsp3) is 0.545. The van der Waals surface area contributed by atoms with E-state index < -0.39 is 17.8 Å². The molecule has 1 heterocycles. The van der Waals surface area contributed by atoms with Gasteiger partial charge in [0.15, 0.2) is 0 Å². The first-order chi connectivity index (χ1) is 8.18. The largest absolute Gasteiger partial charge is 0.481 e. The Labute approximate surface area is 98.4 Å². The van der Waals surface area contributed by atoms with Crippen molar-refractivity contribution < 1.29 is 14.7 Å². The Balaban J connectivity index is 1.89. The average Bonchev–Trinajstić information content (AvgIpc) is 2.96. The maximum atomic E-state index is 11.8. The summed E-state index contributed by atoms with van der Waals surface area (Å²) in [5.74, 6) is -1.97. The van der Waals surface area contributed by atoms with Gasteiger partial charge >= 0.3 is 5.97 Å². The minimum absolute atomic E-state index is 0.176. The molecule has 2 unspecified atom stereocenters. The Bertz CT molecular complexity index is 402. The number of carbonyl (C=O) groups excluding carboxylic acids is 1. The van der Waals surface area contributed by atoms with Crippen molar-refractivity contribution in [3.63, 3.8) is 0 Å². The summed E-state index contributed by atoms with van der Waals surface area (Å²) in [4.78, 5) is 22.8. The molecule has 6 heteroatoms. The van der Waals surface area contributed by atoms with Crippen LogP contribution < -0.4 is 5.32 Å². The Morgan fingerprint density at radius 1 is 1.47 bits per heavy atom. The van der Waals surface area contributed by atoms with Crippen LogP contribution in [0.25, 0.3) is 0 Å². The van der Waals surface area contributed by atoms with Crippen molar-refractivity contribution in [1.82, 2.24) is 15.5 Å². The first-order valence-corrected chi connectivity index (χ1v) is 5.67. The summed E-state index contributed by atoms with van der Waals surface area (Å²) >= 11 is 0. The normalized spacial score (nSPS) is 23.5. The molecular formula is C11H15N3O3. The Kier molecular flexibility index (Phi) is 3.41. The molecule has 2 rings (SSSR count). The lowest BCUT2D eigenvalue weighted by Gasteiger charge is -2.14. The van der Waals surface area contributed by atoms with Crippen LogP contribution in [0, 0.1) is 11.8 Å². The van der Waals surface area contributed by atoms with Gasteiger partial charge in [-0.05, 0) is 18.9 Å². The summed E-state index contributed by atoms with van der Waals surface area (Å²) in [6, 6.07) is 1.77. The number of H-pyrrole nitrogens is 1. The van der Waals surface area contributed by atoms with E-state index in [1.807, 2.05) is 0 Å². The molecule has 0 aromatic carbocycles.